The van der Waals surface area contributed by atoms with Crippen LogP contribution >= 0.6 is 20.2 Å². The van der Waals surface area contributed by atoms with Crippen LogP contribution in [0, 0.1) is 5.92 Å². The molecule has 6 heteroatoms. The Morgan fingerprint density at radius 2 is 1.22 bits per heavy atom. The molecule has 0 spiro atoms. The van der Waals surface area contributed by atoms with Crippen LogP contribution in [0.2, 0.25) is 0 Å². The normalized spacial score (nSPS) is 15.5. The maximum atomic E-state index is 5.22. The Hall–Kier alpha value is -3.27. The van der Waals surface area contributed by atoms with Gasteiger partial charge >= 0.3 is 33.3 Å². The number of aromatic nitrogens is 1. The average Bonchev–Trinajstić information content (AvgIpc) is 3.00. The minimum absolute atomic E-state index is 0.194. The van der Waals surface area contributed by atoms with Crippen molar-refractivity contribution in [2.75, 3.05) is 0 Å². The second-order valence-corrected chi connectivity index (χ2v) is 11.7. The fourth-order valence-electron chi connectivity index (χ4n) is 4.90. The summed E-state index contributed by atoms with van der Waals surface area (Å²) in [6, 6.07) is 33.4. The van der Waals surface area contributed by atoms with Gasteiger partial charge in [-0.05, 0) is 56.0 Å². The number of nitrogens with zero attached hydrogens (tertiary/aromatic N) is 3. The topological polar surface area (TPSA) is 37.6 Å². The Morgan fingerprint density at radius 3 is 1.73 bits per heavy atom. The maximum absolute atomic E-state index is 5.22. The van der Waals surface area contributed by atoms with Crippen molar-refractivity contribution in [2.45, 2.75) is 34.1 Å². The molecule has 0 saturated heterocycles. The first kappa shape index (κ1) is 30.7. The molecule has 0 fully saturated rings. The first-order chi connectivity index (χ1) is 19.9. The van der Waals surface area contributed by atoms with Crippen molar-refractivity contribution in [3.8, 4) is 22.3 Å². The molecule has 0 bridgehead atoms. The van der Waals surface area contributed by atoms with Gasteiger partial charge in [0.1, 0.15) is 0 Å². The molecule has 1 atom stereocenters. The summed E-state index contributed by atoms with van der Waals surface area (Å²) in [5.74, 6) is 0.410. The van der Waals surface area contributed by atoms with E-state index in [2.05, 4.69) is 92.7 Å². The van der Waals surface area contributed by atoms with Gasteiger partial charge in [0.15, 0.2) is 0 Å². The van der Waals surface area contributed by atoms with Gasteiger partial charge in [0.2, 0.25) is 0 Å². The minimum atomic E-state index is 0.194. The van der Waals surface area contributed by atoms with Crippen LogP contribution in [0.4, 0.5) is 5.69 Å². The van der Waals surface area contributed by atoms with Crippen LogP contribution in [0.1, 0.15) is 45.5 Å². The van der Waals surface area contributed by atoms with E-state index in [0.717, 1.165) is 62.9 Å². The molecule has 1 aromatic heterocycles. The molecule has 3 aromatic carbocycles. The molecule has 1 aliphatic carbocycles. The third kappa shape index (κ3) is 7.93. The second-order valence-electron chi connectivity index (χ2n) is 9.89. The molecule has 1 aliphatic rings. The monoisotopic (exact) mass is 621 g/mol. The Bertz CT molecular complexity index is 1530. The summed E-state index contributed by atoms with van der Waals surface area (Å²) in [6.45, 7) is 8.44. The van der Waals surface area contributed by atoms with E-state index < -0.39 is 0 Å². The summed E-state index contributed by atoms with van der Waals surface area (Å²) >= 11 is 0.194. The molecule has 0 radical (unpaired) electrons. The fourth-order valence-corrected chi connectivity index (χ4v) is 4.90. The molecule has 3 nitrogen and oxygen atoms in total. The quantitative estimate of drug-likeness (QED) is 0.156. The van der Waals surface area contributed by atoms with Crippen LogP contribution in [-0.4, -0.2) is 16.4 Å². The van der Waals surface area contributed by atoms with Crippen LogP contribution in [0.5, 0.6) is 0 Å². The number of benzene rings is 3. The second kappa shape index (κ2) is 15.1. The van der Waals surface area contributed by atoms with Crippen LogP contribution in [0.15, 0.2) is 130 Å². The van der Waals surface area contributed by atoms with Gasteiger partial charge in [-0.25, -0.2) is 4.98 Å². The van der Waals surface area contributed by atoms with Gasteiger partial charge in [-0.1, -0.05) is 104 Å². The number of para-hydroxylation sites is 1. The summed E-state index contributed by atoms with van der Waals surface area (Å²) in [7, 11) is 9.53. The van der Waals surface area contributed by atoms with Crippen molar-refractivity contribution in [1.82, 2.24) is 4.98 Å². The van der Waals surface area contributed by atoms with E-state index in [9.17, 15) is 0 Å². The molecule has 41 heavy (non-hydrogen) atoms. The first-order valence-electron chi connectivity index (χ1n) is 13.5. The molecular formula is C35H33Cl2FeN3. The zero-order valence-corrected chi connectivity index (χ0v) is 26.2. The van der Waals surface area contributed by atoms with Crippen LogP contribution in [-0.2, 0) is 13.1 Å². The van der Waals surface area contributed by atoms with Crippen molar-refractivity contribution < 1.29 is 13.1 Å². The molecule has 210 valence electrons. The first-order valence-corrected chi connectivity index (χ1v) is 16.5. The van der Waals surface area contributed by atoms with Crippen LogP contribution in [0.25, 0.3) is 22.3 Å². The van der Waals surface area contributed by atoms with E-state index in [4.69, 9.17) is 35.2 Å². The third-order valence-corrected chi connectivity index (χ3v) is 6.99. The molecule has 0 amide bonds. The molecule has 0 aliphatic heterocycles. The van der Waals surface area contributed by atoms with Gasteiger partial charge in [-0.15, -0.1) is 0 Å². The van der Waals surface area contributed by atoms with E-state index in [1.807, 2.05) is 44.2 Å². The van der Waals surface area contributed by atoms with Crippen molar-refractivity contribution in [1.29, 1.82) is 0 Å². The number of allylic oxidation sites excluding steroid dienone is 4. The Balaban J connectivity index is 0.00000124. The molecular weight excluding hydrogens is 589 g/mol. The van der Waals surface area contributed by atoms with Crippen LogP contribution < -0.4 is 0 Å². The van der Waals surface area contributed by atoms with Gasteiger partial charge in [-0.2, -0.15) is 0 Å². The Labute approximate surface area is 258 Å². The Morgan fingerprint density at radius 1 is 0.732 bits per heavy atom. The van der Waals surface area contributed by atoms with Crippen molar-refractivity contribution in [2.24, 2.45) is 15.9 Å². The molecule has 1 heterocycles. The molecule has 1 unspecified atom stereocenters. The summed E-state index contributed by atoms with van der Waals surface area (Å²) in [4.78, 5) is 15.2. The Kier molecular flexibility index (Phi) is 11.3. The molecule has 4 aromatic rings. The zero-order valence-electron chi connectivity index (χ0n) is 23.6. The van der Waals surface area contributed by atoms with Crippen molar-refractivity contribution >= 4 is 37.3 Å². The molecule has 5 rings (SSSR count). The number of rotatable bonds is 6. The van der Waals surface area contributed by atoms with Gasteiger partial charge in [0.25, 0.3) is 0 Å². The number of hydrogen-bond acceptors (Lipinski definition) is 3. The summed E-state index contributed by atoms with van der Waals surface area (Å²) in [6.07, 6.45) is 5.42. The molecule has 0 N–H and O–H groups in total. The van der Waals surface area contributed by atoms with E-state index in [0.29, 0.717) is 5.92 Å². The van der Waals surface area contributed by atoms with Crippen molar-refractivity contribution in [3.05, 3.63) is 132 Å². The number of aliphatic imine (C=N–C) groups is 2. The van der Waals surface area contributed by atoms with E-state index >= 15 is 0 Å². The van der Waals surface area contributed by atoms with Gasteiger partial charge in [0.05, 0.1) is 28.5 Å². The number of hydrogen-bond donors (Lipinski definition) is 0. The fraction of sp³-hybridized carbons (Fsp3) is 0.171. The standard InChI is InChI=1S/C35H33N3.2ClH.Fe/c1-24-14-11-15-25(2)34(24)36-26(3)32-22-13-23-33(38-32)27(4)37-35-30(28-16-7-5-8-17-28)20-12-21-31(35)29-18-9-6-10-19-29;;;/h5-14,16-23,25H,15H2,1-4H3;2*1H;/q;;;+2/p-2. The zero-order chi connectivity index (χ0) is 29.2. The van der Waals surface area contributed by atoms with E-state index in [1.54, 1.807) is 0 Å². The summed E-state index contributed by atoms with van der Waals surface area (Å²) < 4.78 is 0. The predicted octanol–water partition coefficient (Wildman–Crippen LogP) is 10.6. The summed E-state index contributed by atoms with van der Waals surface area (Å²) in [5.41, 5.74) is 11.3. The number of pyridine rings is 1. The molecule has 0 saturated carbocycles. The van der Waals surface area contributed by atoms with Gasteiger partial charge in [0, 0.05) is 22.7 Å². The van der Waals surface area contributed by atoms with Gasteiger partial charge in [-0.3, -0.25) is 9.98 Å². The van der Waals surface area contributed by atoms with Gasteiger partial charge < -0.3 is 0 Å². The number of halogens is 2. The van der Waals surface area contributed by atoms with E-state index in [1.165, 1.54) is 5.57 Å². The van der Waals surface area contributed by atoms with E-state index in [-0.39, 0.29) is 13.1 Å². The average molecular weight is 622 g/mol. The SMILES string of the molecule is CC(=NC1=C(C)C=CCC1C)c1cccc(C(C)=Nc2c(-c3ccccc3)cccc2-c2ccccc2)n1.[Cl][Fe][Cl]. The summed E-state index contributed by atoms with van der Waals surface area (Å²) in [5, 5.41) is 0. The third-order valence-electron chi connectivity index (χ3n) is 6.99. The van der Waals surface area contributed by atoms with Crippen molar-refractivity contribution in [3.63, 3.8) is 0 Å². The predicted molar refractivity (Wildman–Crippen MR) is 173 cm³/mol. The van der Waals surface area contributed by atoms with Crippen LogP contribution in [0.3, 0.4) is 0 Å².